The molecule has 0 bridgehead atoms. The summed E-state index contributed by atoms with van der Waals surface area (Å²) < 4.78 is 10.5. The van der Waals surface area contributed by atoms with E-state index in [4.69, 9.17) is 9.47 Å². The first kappa shape index (κ1) is 20.7. The standard InChI is InChI=1S/C21H28O4/c1-4-6-8-10-12-24-20(22)18-14-17(3)15-19(16-18)21(23)25-13-11-9-7-5-2/h4-5,14-16H,1-2,6-13H2,3H3. The highest BCUT2D eigenvalue weighted by Gasteiger charge is 2.14. The Hall–Kier alpha value is -2.36. The lowest BCUT2D eigenvalue weighted by atomic mass is 10.1. The molecule has 0 unspecified atom stereocenters. The molecule has 1 aromatic rings. The molecule has 0 fully saturated rings. The van der Waals surface area contributed by atoms with Gasteiger partial charge in [-0.25, -0.2) is 9.59 Å². The van der Waals surface area contributed by atoms with Crippen molar-refractivity contribution in [1.29, 1.82) is 0 Å². The molecule has 0 N–H and O–H groups in total. The van der Waals surface area contributed by atoms with Gasteiger partial charge in [0.2, 0.25) is 0 Å². The van der Waals surface area contributed by atoms with Crippen LogP contribution in [0.25, 0.3) is 0 Å². The number of benzene rings is 1. The highest BCUT2D eigenvalue weighted by atomic mass is 16.5. The molecule has 0 amide bonds. The van der Waals surface area contributed by atoms with Crippen molar-refractivity contribution in [3.05, 3.63) is 60.2 Å². The van der Waals surface area contributed by atoms with Gasteiger partial charge in [-0.15, -0.1) is 13.2 Å². The van der Waals surface area contributed by atoms with Gasteiger partial charge in [0.1, 0.15) is 0 Å². The first-order chi connectivity index (χ1) is 12.1. The van der Waals surface area contributed by atoms with Gasteiger partial charge in [-0.05, 0) is 69.2 Å². The molecule has 1 aromatic carbocycles. The first-order valence-corrected chi connectivity index (χ1v) is 8.76. The molecule has 1 rings (SSSR count). The van der Waals surface area contributed by atoms with E-state index >= 15 is 0 Å². The first-order valence-electron chi connectivity index (χ1n) is 8.76. The summed E-state index contributed by atoms with van der Waals surface area (Å²) >= 11 is 0. The van der Waals surface area contributed by atoms with E-state index in [1.165, 1.54) is 6.07 Å². The van der Waals surface area contributed by atoms with E-state index in [0.29, 0.717) is 24.3 Å². The van der Waals surface area contributed by atoms with Crippen LogP contribution in [0.4, 0.5) is 0 Å². The van der Waals surface area contributed by atoms with E-state index in [1.807, 2.05) is 19.1 Å². The van der Waals surface area contributed by atoms with Gasteiger partial charge in [-0.3, -0.25) is 0 Å². The molecule has 0 aliphatic rings. The van der Waals surface area contributed by atoms with Crippen LogP contribution in [0.15, 0.2) is 43.5 Å². The summed E-state index contributed by atoms with van der Waals surface area (Å²) in [5, 5.41) is 0. The fraction of sp³-hybridized carbons (Fsp3) is 0.429. The fourth-order valence-electron chi connectivity index (χ4n) is 2.30. The van der Waals surface area contributed by atoms with Crippen LogP contribution in [-0.4, -0.2) is 25.2 Å². The van der Waals surface area contributed by atoms with Crippen molar-refractivity contribution in [2.24, 2.45) is 0 Å². The molecule has 136 valence electrons. The molecule has 0 aliphatic carbocycles. The number of esters is 2. The summed E-state index contributed by atoms with van der Waals surface area (Å²) in [6.07, 6.45) is 8.97. The summed E-state index contributed by atoms with van der Waals surface area (Å²) in [5.41, 5.74) is 1.57. The highest BCUT2D eigenvalue weighted by Crippen LogP contribution is 2.13. The van der Waals surface area contributed by atoms with E-state index < -0.39 is 11.9 Å². The van der Waals surface area contributed by atoms with Gasteiger partial charge in [0.15, 0.2) is 0 Å². The van der Waals surface area contributed by atoms with Crippen molar-refractivity contribution in [2.45, 2.75) is 45.4 Å². The predicted molar refractivity (Wildman–Crippen MR) is 99.8 cm³/mol. The van der Waals surface area contributed by atoms with Crippen LogP contribution >= 0.6 is 0 Å². The number of aryl methyl sites for hydroxylation is 1. The Morgan fingerprint density at radius 2 is 1.28 bits per heavy atom. The lowest BCUT2D eigenvalue weighted by Crippen LogP contribution is -2.11. The molecule has 0 heterocycles. The Bertz CT molecular complexity index is 541. The Balaban J connectivity index is 2.56. The number of carbonyl (C=O) groups is 2. The molecular weight excluding hydrogens is 316 g/mol. The largest absolute Gasteiger partial charge is 0.462 e. The normalized spacial score (nSPS) is 10.1. The number of hydrogen-bond acceptors (Lipinski definition) is 4. The molecule has 0 aromatic heterocycles. The molecule has 0 radical (unpaired) electrons. The smallest absolute Gasteiger partial charge is 0.338 e. The third-order valence-corrected chi connectivity index (χ3v) is 3.62. The van der Waals surface area contributed by atoms with Crippen LogP contribution in [0.1, 0.15) is 64.8 Å². The van der Waals surface area contributed by atoms with Crippen molar-refractivity contribution < 1.29 is 19.1 Å². The SMILES string of the molecule is C=CCCCCOC(=O)c1cc(C)cc(C(=O)OCCCCC=C)c1. The summed E-state index contributed by atoms with van der Waals surface area (Å²) in [7, 11) is 0. The lowest BCUT2D eigenvalue weighted by Gasteiger charge is -2.09. The van der Waals surface area contributed by atoms with Gasteiger partial charge in [-0.2, -0.15) is 0 Å². The zero-order chi connectivity index (χ0) is 18.5. The second kappa shape index (κ2) is 12.1. The van der Waals surface area contributed by atoms with Crippen LogP contribution in [0.5, 0.6) is 0 Å². The van der Waals surface area contributed by atoms with E-state index in [-0.39, 0.29) is 0 Å². The van der Waals surface area contributed by atoms with Crippen LogP contribution in [-0.2, 0) is 9.47 Å². The maximum atomic E-state index is 12.1. The molecule has 4 nitrogen and oxygen atoms in total. The van der Waals surface area contributed by atoms with Crippen molar-refractivity contribution in [1.82, 2.24) is 0 Å². The molecule has 0 saturated carbocycles. The lowest BCUT2D eigenvalue weighted by molar-refractivity contribution is 0.0497. The number of ether oxygens (including phenoxy) is 2. The number of hydrogen-bond donors (Lipinski definition) is 0. The van der Waals surface area contributed by atoms with Gasteiger partial charge >= 0.3 is 11.9 Å². The van der Waals surface area contributed by atoms with Gasteiger partial charge in [0.05, 0.1) is 24.3 Å². The highest BCUT2D eigenvalue weighted by molar-refractivity contribution is 5.95. The average Bonchev–Trinajstić information content (AvgIpc) is 2.60. The van der Waals surface area contributed by atoms with E-state index in [2.05, 4.69) is 13.2 Å². The van der Waals surface area contributed by atoms with Crippen molar-refractivity contribution in [3.8, 4) is 0 Å². The van der Waals surface area contributed by atoms with Gasteiger partial charge in [-0.1, -0.05) is 12.2 Å². The van der Waals surface area contributed by atoms with Gasteiger partial charge in [0, 0.05) is 0 Å². The van der Waals surface area contributed by atoms with Gasteiger partial charge < -0.3 is 9.47 Å². The molecule has 0 saturated heterocycles. The van der Waals surface area contributed by atoms with E-state index in [9.17, 15) is 9.59 Å². The summed E-state index contributed by atoms with van der Waals surface area (Å²) in [6, 6.07) is 4.96. The average molecular weight is 344 g/mol. The molecule has 0 spiro atoms. The van der Waals surface area contributed by atoms with E-state index in [0.717, 1.165) is 44.1 Å². The summed E-state index contributed by atoms with van der Waals surface area (Å²) in [4.78, 5) is 24.3. The van der Waals surface area contributed by atoms with Crippen LogP contribution in [0.2, 0.25) is 0 Å². The number of rotatable bonds is 12. The predicted octanol–water partition coefficient (Wildman–Crippen LogP) is 5.02. The number of unbranched alkanes of at least 4 members (excludes halogenated alkanes) is 4. The zero-order valence-electron chi connectivity index (χ0n) is 15.1. The Labute approximate surface area is 150 Å². The van der Waals surface area contributed by atoms with Crippen molar-refractivity contribution >= 4 is 11.9 Å². The second-order valence-corrected chi connectivity index (χ2v) is 5.93. The third kappa shape index (κ3) is 8.34. The monoisotopic (exact) mass is 344 g/mol. The zero-order valence-corrected chi connectivity index (χ0v) is 15.1. The maximum absolute atomic E-state index is 12.1. The van der Waals surface area contributed by atoms with Crippen LogP contribution in [0, 0.1) is 6.92 Å². The molecular formula is C21H28O4. The number of carbonyl (C=O) groups excluding carboxylic acids is 2. The minimum atomic E-state index is -0.415. The van der Waals surface area contributed by atoms with Crippen molar-refractivity contribution in [2.75, 3.05) is 13.2 Å². The van der Waals surface area contributed by atoms with Crippen molar-refractivity contribution in [3.63, 3.8) is 0 Å². The molecule has 25 heavy (non-hydrogen) atoms. The third-order valence-electron chi connectivity index (χ3n) is 3.62. The quantitative estimate of drug-likeness (QED) is 0.303. The molecule has 0 aliphatic heterocycles. The fourth-order valence-corrected chi connectivity index (χ4v) is 2.30. The summed E-state index contributed by atoms with van der Waals surface area (Å²) in [5.74, 6) is -0.829. The van der Waals surface area contributed by atoms with Crippen LogP contribution < -0.4 is 0 Å². The van der Waals surface area contributed by atoms with Gasteiger partial charge in [0.25, 0.3) is 0 Å². The number of allylic oxidation sites excluding steroid dienone is 2. The van der Waals surface area contributed by atoms with E-state index in [1.54, 1.807) is 12.1 Å². The maximum Gasteiger partial charge on any atom is 0.338 e. The van der Waals surface area contributed by atoms with Crippen LogP contribution in [0.3, 0.4) is 0 Å². The molecule has 0 atom stereocenters. The minimum absolute atomic E-state index is 0.365. The second-order valence-electron chi connectivity index (χ2n) is 5.93. The Morgan fingerprint density at radius 3 is 1.68 bits per heavy atom. The Morgan fingerprint density at radius 1 is 0.840 bits per heavy atom. The topological polar surface area (TPSA) is 52.6 Å². The minimum Gasteiger partial charge on any atom is -0.462 e. The summed E-state index contributed by atoms with van der Waals surface area (Å²) in [6.45, 7) is 9.88. The Kier molecular flexibility index (Phi) is 9.98. The molecule has 4 heteroatoms.